The first kappa shape index (κ1) is 99.7. The number of phenols is 1. The van der Waals surface area contributed by atoms with Crippen LogP contribution in [-0.4, -0.2) is 5.11 Å². The van der Waals surface area contributed by atoms with Crippen LogP contribution in [0.25, 0.3) is 150 Å². The zero-order valence-electron chi connectivity index (χ0n) is 73.8. The summed E-state index contributed by atoms with van der Waals surface area (Å²) in [4.78, 5) is 5.46. The van der Waals surface area contributed by atoms with Crippen LogP contribution in [-0.2, 0) is 6.18 Å². The molecule has 1 atom stereocenters. The Morgan fingerprint density at radius 3 is 0.908 bits per heavy atom. The Kier molecular flexibility index (Phi) is 28.5. The maximum absolute atomic E-state index is 14.5. The van der Waals surface area contributed by atoms with E-state index in [2.05, 4.69) is 80.7 Å². The van der Waals surface area contributed by atoms with Gasteiger partial charge < -0.3 is 5.11 Å². The molecule has 1 N–H and O–H groups in total. The topological polar surface area (TPSA) is 20.2 Å². The molecule has 0 fully saturated rings. The molecule has 0 aliphatic carbocycles. The van der Waals surface area contributed by atoms with Gasteiger partial charge in [0, 0.05) is 184 Å². The van der Waals surface area contributed by atoms with Crippen LogP contribution in [0.2, 0.25) is 25.1 Å². The minimum absolute atomic E-state index is 0.199. The molecule has 6 aromatic heterocycles. The van der Waals surface area contributed by atoms with E-state index in [0.717, 1.165) is 117 Å². The fourth-order valence-corrected chi connectivity index (χ4v) is 37.5. The number of phenolic OH excluding ortho intramolecular Hbond substituents is 1. The molecule has 6 heterocycles. The van der Waals surface area contributed by atoms with E-state index in [1.54, 1.807) is 97.1 Å². The van der Waals surface area contributed by atoms with Gasteiger partial charge in [-0.1, -0.05) is 110 Å². The molecule has 18 aromatic carbocycles. The van der Waals surface area contributed by atoms with Crippen LogP contribution in [0.4, 0.5) is 61.5 Å². The van der Waals surface area contributed by atoms with Crippen LogP contribution in [0.15, 0.2) is 335 Å². The monoisotopic (exact) mass is 2310 g/mol. The molecule has 0 amide bonds. The van der Waals surface area contributed by atoms with Crippen molar-refractivity contribution in [1.82, 2.24) is 0 Å². The molecular weight excluding hydrogens is 2250 g/mol. The number of benzene rings is 18. The maximum Gasteiger partial charge on any atom is 0.416 e. The van der Waals surface area contributed by atoms with E-state index in [-0.39, 0.29) is 80.2 Å². The number of aryl methyl sites for hydroxylation is 4. The molecule has 0 bridgehead atoms. The van der Waals surface area contributed by atoms with Crippen LogP contribution in [0.1, 0.15) is 27.8 Å². The molecule has 1 unspecified atom stereocenters. The zero-order valence-corrected chi connectivity index (χ0v) is 87.2. The minimum atomic E-state index is -4.36. The quantitative estimate of drug-likeness (QED) is 0.130. The number of rotatable bonds is 6. The average molecular weight is 2320 g/mol. The Labute approximate surface area is 868 Å². The van der Waals surface area contributed by atoms with E-state index in [1.165, 1.54) is 161 Å². The lowest BCUT2D eigenvalue weighted by Gasteiger charge is -2.05. The normalized spacial score (nSPS) is 11.7. The summed E-state index contributed by atoms with van der Waals surface area (Å²) in [5.41, 5.74) is 3.90. The highest BCUT2D eigenvalue weighted by atomic mass is 79.9. The standard InChI is InChI=1S/C21H17F2S.C19H9Br3F3S.C19H12F3S.C18H8Cl3F2S.C18H9Cl2F2S.C18H10F2OS/c1-12-8-13(2)21(14(3)9-12)24-19-6-4-15(22)10-17(19)18-11-16(23)5-7-20(18)24;20-11-8-14(21)18(15(22)9-11)26-16-4-2-1-3-12(16)13-7-10(19(23,24)25)5-6-17(13)26;1-11-2-5-19(16(22)8-11)23-17-6-3-12(20)9-14(17)15-10-13(21)4-7-18(15)23;19-9-5-14(20)18(15(21)6-9)24-16-3-1-10(22)7-12(16)13-8-11(23)2-4-17(13)24;19-10-1-4-18(15(20)7-10)23-16-5-2-11(21)8-13(16)14-9-12(22)3-6-17(14)23;19-11-1-7-17-15(9-11)16-10-12(20)2-8-18(16)22(17)14-5-3-13(21)4-6-14/h4-11H,1-3H3;1-9H;2-10H,1H3;1-8H;1-9H;1-10H/q5*+1;/p+1. The lowest BCUT2D eigenvalue weighted by atomic mass is 10.1. The van der Waals surface area contributed by atoms with Gasteiger partial charge in [-0.2, -0.15) is 13.2 Å². The van der Waals surface area contributed by atoms with Crippen molar-refractivity contribution < 1.29 is 66.6 Å². The number of aromatic hydroxyl groups is 1. The number of alkyl halides is 3. The van der Waals surface area contributed by atoms with Crippen LogP contribution < -0.4 is 0 Å². The van der Waals surface area contributed by atoms with Gasteiger partial charge in [-0.05, 0) is 271 Å². The summed E-state index contributed by atoms with van der Waals surface area (Å²) in [5, 5.41) is 20.5. The average Bonchev–Trinajstić information content (AvgIpc) is 1.53. The third-order valence-corrected chi connectivity index (χ3v) is 42.2. The molecule has 1 nitrogen and oxygen atoms in total. The molecule has 24 aromatic rings. The molecule has 29 heteroatoms. The summed E-state index contributed by atoms with van der Waals surface area (Å²) in [6.07, 6.45) is -4.36. The van der Waals surface area contributed by atoms with Crippen LogP contribution in [0.3, 0.4) is 0 Å². The van der Waals surface area contributed by atoms with Crippen molar-refractivity contribution >= 4 is 290 Å². The molecular formula is C113H66Br3Cl5F14OS6+6. The van der Waals surface area contributed by atoms with Crippen LogP contribution in [0, 0.1) is 91.7 Å². The van der Waals surface area contributed by atoms with E-state index < -0.39 is 64.1 Å². The molecule has 0 aliphatic rings. The highest BCUT2D eigenvalue weighted by molar-refractivity contribution is 9.11. The van der Waals surface area contributed by atoms with Gasteiger partial charge in [-0.15, -0.1) is 0 Å². The van der Waals surface area contributed by atoms with E-state index >= 15 is 0 Å². The predicted octanol–water partition coefficient (Wildman–Crippen LogP) is 43.4. The molecule has 0 aliphatic heterocycles. The van der Waals surface area contributed by atoms with Gasteiger partial charge in [0.15, 0.2) is 76.9 Å². The van der Waals surface area contributed by atoms with Crippen molar-refractivity contribution in [2.75, 3.05) is 0 Å². The smallest absolute Gasteiger partial charge is 0.416 e. The number of hydrogen-bond donors (Lipinski definition) is 1. The van der Waals surface area contributed by atoms with Gasteiger partial charge in [-0.25, -0.2) is 48.3 Å². The summed E-state index contributed by atoms with van der Waals surface area (Å²) in [6, 6.07) is 86.9. The van der Waals surface area contributed by atoms with Gasteiger partial charge in [-0.3, -0.25) is 0 Å². The molecule has 0 saturated heterocycles. The van der Waals surface area contributed by atoms with Crippen molar-refractivity contribution in [1.29, 1.82) is 0 Å². The number of hydrogen-bond acceptors (Lipinski definition) is 1. The van der Waals surface area contributed by atoms with Gasteiger partial charge in [0.25, 0.3) is 0 Å². The molecule has 0 spiro atoms. The van der Waals surface area contributed by atoms with Gasteiger partial charge in [0.05, 0.1) is 68.4 Å². The number of halogens is 22. The Balaban J connectivity index is 0.000000108. The first-order valence-electron chi connectivity index (χ1n) is 43.0. The summed E-state index contributed by atoms with van der Waals surface area (Å²) in [5.74, 6) is -3.51. The van der Waals surface area contributed by atoms with E-state index in [1.807, 2.05) is 79.7 Å². The van der Waals surface area contributed by atoms with Crippen molar-refractivity contribution in [3.63, 3.8) is 0 Å². The summed E-state index contributed by atoms with van der Waals surface area (Å²) in [6.45, 7) is 8.16. The third kappa shape index (κ3) is 19.5. The van der Waals surface area contributed by atoms with Gasteiger partial charge in [0.2, 0.25) is 14.7 Å². The lowest BCUT2D eigenvalue weighted by molar-refractivity contribution is -0.137. The minimum Gasteiger partial charge on any atom is -0.508 e. The zero-order chi connectivity index (χ0) is 100. The third-order valence-electron chi connectivity index (χ3n) is 23.6. The Morgan fingerprint density at radius 2 is 0.549 bits per heavy atom. The van der Waals surface area contributed by atoms with Gasteiger partial charge >= 0.3 is 6.18 Å². The summed E-state index contributed by atoms with van der Waals surface area (Å²) >= 11 is 41.9. The fourth-order valence-electron chi connectivity index (χ4n) is 17.9. The summed E-state index contributed by atoms with van der Waals surface area (Å²) < 4.78 is 205. The lowest BCUT2D eigenvalue weighted by Crippen LogP contribution is -2.03. The molecule has 0 radical (unpaired) electrons. The van der Waals surface area contributed by atoms with Gasteiger partial charge in [0.1, 0.15) is 79.0 Å². The largest absolute Gasteiger partial charge is 0.508 e. The molecule has 142 heavy (non-hydrogen) atoms. The van der Waals surface area contributed by atoms with Crippen molar-refractivity contribution in [2.24, 2.45) is 0 Å². The second-order valence-electron chi connectivity index (χ2n) is 33.1. The number of thiophene rings is 6. The fraction of sp³-hybridized carbons (Fsp3) is 0.0442. The SMILES string of the molecule is Cc1cc(C)c(-[s+]2c3ccc(F)cc3c3cc(F)ccc32)c(C)c1.Cc1ccc(-[s+]2c3ccc(F)cc3c3cc(F)ccc32)c(F)c1.FC(F)(F)c1ccc2c(c1)c1ccccc1[s+]2-c1c(Br)cc(Br)cc1Br.Fc1ccc2c(c1)c1cc(F)ccc1[s+]2-c1c(Cl)cc(Cl)cc1Cl.Fc1ccc2c(c1)c1cc(F)ccc1[s+]2-c1ccc(Cl)cc1Cl.Oc1ccc(-[s+]2c3ccc(F)cc3c3cc(F)ccc32)cc1. The summed E-state index contributed by atoms with van der Waals surface area (Å²) in [7, 11) is -3.05. The first-order valence-corrected chi connectivity index (χ1v) is 54.6. The second kappa shape index (κ2) is 40.5. The van der Waals surface area contributed by atoms with Crippen LogP contribution in [0.5, 0.6) is 5.75 Å². The number of fused-ring (bicyclic) bond motifs is 18. The van der Waals surface area contributed by atoms with E-state index in [0.29, 0.717) is 72.6 Å². The molecule has 24 rings (SSSR count). The van der Waals surface area contributed by atoms with E-state index in [4.69, 9.17) is 58.0 Å². The highest BCUT2D eigenvalue weighted by Crippen LogP contribution is 2.60. The second-order valence-corrected chi connectivity index (χ2v) is 49.3. The Hall–Kier alpha value is -11.0. The molecule has 708 valence electrons. The maximum atomic E-state index is 14.5. The Morgan fingerprint density at radius 1 is 0.246 bits per heavy atom. The van der Waals surface area contributed by atoms with E-state index in [9.17, 15) is 66.6 Å². The first-order chi connectivity index (χ1) is 67.9. The predicted molar refractivity (Wildman–Crippen MR) is 585 cm³/mol. The van der Waals surface area contributed by atoms with Crippen molar-refractivity contribution in [2.45, 2.75) is 33.9 Å². The van der Waals surface area contributed by atoms with Crippen molar-refractivity contribution in [3.8, 4) is 35.1 Å². The Bertz CT molecular complexity index is 8560. The highest BCUT2D eigenvalue weighted by Gasteiger charge is 2.38. The molecule has 0 saturated carbocycles. The van der Waals surface area contributed by atoms with Crippen LogP contribution >= 0.6 is 169 Å². The van der Waals surface area contributed by atoms with Crippen molar-refractivity contribution in [3.05, 3.63) is 452 Å².